The van der Waals surface area contributed by atoms with Crippen molar-refractivity contribution in [1.29, 1.82) is 0 Å². The SMILES string of the molecule is COC(=O)[C@H](Cc1cnc[nH]1)NC(=O)[C@H](Cc1cccs1)NC(=O)OC(C)(C)C. The van der Waals surface area contributed by atoms with Crippen LogP contribution in [0.25, 0.3) is 0 Å². The van der Waals surface area contributed by atoms with Gasteiger partial charge in [0.25, 0.3) is 0 Å². The molecule has 158 valence electrons. The van der Waals surface area contributed by atoms with E-state index in [9.17, 15) is 14.4 Å². The molecule has 0 saturated carbocycles. The van der Waals surface area contributed by atoms with Crippen LogP contribution in [0.5, 0.6) is 0 Å². The van der Waals surface area contributed by atoms with E-state index in [-0.39, 0.29) is 12.8 Å². The van der Waals surface area contributed by atoms with Gasteiger partial charge in [-0.2, -0.15) is 0 Å². The summed E-state index contributed by atoms with van der Waals surface area (Å²) in [5.41, 5.74) is -0.0425. The van der Waals surface area contributed by atoms with E-state index in [2.05, 4.69) is 20.6 Å². The van der Waals surface area contributed by atoms with Gasteiger partial charge in [0.05, 0.1) is 13.4 Å². The van der Waals surface area contributed by atoms with E-state index in [1.54, 1.807) is 27.0 Å². The Morgan fingerprint density at radius 2 is 1.97 bits per heavy atom. The number of aromatic nitrogens is 2. The molecule has 2 rings (SSSR count). The van der Waals surface area contributed by atoms with E-state index < -0.39 is 35.7 Å². The molecule has 0 aliphatic heterocycles. The molecule has 0 aliphatic rings. The molecule has 0 aromatic carbocycles. The Morgan fingerprint density at radius 3 is 2.52 bits per heavy atom. The van der Waals surface area contributed by atoms with Gasteiger partial charge in [-0.3, -0.25) is 4.79 Å². The first-order valence-electron chi connectivity index (χ1n) is 9.05. The van der Waals surface area contributed by atoms with Crippen LogP contribution >= 0.6 is 11.3 Å². The third-order valence-corrected chi connectivity index (χ3v) is 4.67. The Balaban J connectivity index is 2.12. The fourth-order valence-corrected chi connectivity index (χ4v) is 3.27. The highest BCUT2D eigenvalue weighted by molar-refractivity contribution is 7.09. The molecule has 2 aromatic rings. The third-order valence-electron chi connectivity index (χ3n) is 3.77. The molecule has 0 saturated heterocycles. The van der Waals surface area contributed by atoms with Crippen LogP contribution in [0.4, 0.5) is 4.79 Å². The Bertz CT molecular complexity index is 799. The number of thiophene rings is 1. The first-order valence-corrected chi connectivity index (χ1v) is 9.93. The Morgan fingerprint density at radius 1 is 1.21 bits per heavy atom. The number of aromatic amines is 1. The minimum atomic E-state index is -0.931. The minimum absolute atomic E-state index is 0.177. The summed E-state index contributed by atoms with van der Waals surface area (Å²) in [5.74, 6) is -1.11. The van der Waals surface area contributed by atoms with Crippen LogP contribution < -0.4 is 10.6 Å². The van der Waals surface area contributed by atoms with Crippen molar-refractivity contribution in [2.75, 3.05) is 7.11 Å². The van der Waals surface area contributed by atoms with Gasteiger partial charge in [0.1, 0.15) is 17.7 Å². The number of rotatable bonds is 8. The van der Waals surface area contributed by atoms with Crippen molar-refractivity contribution in [3.05, 3.63) is 40.6 Å². The van der Waals surface area contributed by atoms with Gasteiger partial charge in [-0.15, -0.1) is 11.3 Å². The highest BCUT2D eigenvalue weighted by atomic mass is 32.1. The quantitative estimate of drug-likeness (QED) is 0.558. The highest BCUT2D eigenvalue weighted by Gasteiger charge is 2.29. The number of ether oxygens (including phenoxy) is 2. The van der Waals surface area contributed by atoms with Crippen LogP contribution in [0.2, 0.25) is 0 Å². The minimum Gasteiger partial charge on any atom is -0.467 e. The van der Waals surface area contributed by atoms with Crippen molar-refractivity contribution in [1.82, 2.24) is 20.6 Å². The fourth-order valence-electron chi connectivity index (χ4n) is 2.51. The smallest absolute Gasteiger partial charge is 0.408 e. The Labute approximate surface area is 173 Å². The molecule has 0 aliphatic carbocycles. The topological polar surface area (TPSA) is 122 Å². The number of imidazole rings is 1. The average Bonchev–Trinajstić information content (AvgIpc) is 3.32. The van der Waals surface area contributed by atoms with Crippen molar-refractivity contribution < 1.29 is 23.9 Å². The van der Waals surface area contributed by atoms with Gasteiger partial charge in [-0.1, -0.05) is 6.07 Å². The second kappa shape index (κ2) is 10.1. The summed E-state index contributed by atoms with van der Waals surface area (Å²) in [5, 5.41) is 7.14. The second-order valence-electron chi connectivity index (χ2n) is 7.35. The predicted molar refractivity (Wildman–Crippen MR) is 107 cm³/mol. The molecule has 2 aromatic heterocycles. The molecular weight excluding hydrogens is 396 g/mol. The normalized spacial score (nSPS) is 13.2. The zero-order valence-electron chi connectivity index (χ0n) is 16.9. The lowest BCUT2D eigenvalue weighted by Crippen LogP contribution is -2.53. The fraction of sp³-hybridized carbons (Fsp3) is 0.474. The summed E-state index contributed by atoms with van der Waals surface area (Å²) in [6.07, 6.45) is 2.77. The predicted octanol–water partition coefficient (Wildman–Crippen LogP) is 1.81. The van der Waals surface area contributed by atoms with Crippen LogP contribution in [0.15, 0.2) is 30.0 Å². The van der Waals surface area contributed by atoms with E-state index in [1.165, 1.54) is 24.8 Å². The lowest BCUT2D eigenvalue weighted by molar-refractivity contribution is -0.145. The maximum atomic E-state index is 12.9. The summed E-state index contributed by atoms with van der Waals surface area (Å²) < 4.78 is 10.1. The summed E-state index contributed by atoms with van der Waals surface area (Å²) in [6.45, 7) is 5.20. The Hall–Kier alpha value is -2.88. The van der Waals surface area contributed by atoms with Crippen molar-refractivity contribution in [2.24, 2.45) is 0 Å². The number of hydrogen-bond donors (Lipinski definition) is 3. The van der Waals surface area contributed by atoms with Gasteiger partial charge in [0.2, 0.25) is 5.91 Å². The average molecular weight is 423 g/mol. The van der Waals surface area contributed by atoms with Gasteiger partial charge in [-0.25, -0.2) is 14.6 Å². The van der Waals surface area contributed by atoms with Crippen molar-refractivity contribution in [3.8, 4) is 0 Å². The Kier molecular flexibility index (Phi) is 7.77. The van der Waals surface area contributed by atoms with Crippen molar-refractivity contribution in [3.63, 3.8) is 0 Å². The lowest BCUT2D eigenvalue weighted by atomic mass is 10.1. The van der Waals surface area contributed by atoms with E-state index >= 15 is 0 Å². The summed E-state index contributed by atoms with van der Waals surface area (Å²) in [6, 6.07) is 1.87. The van der Waals surface area contributed by atoms with Crippen molar-refractivity contribution >= 4 is 29.3 Å². The van der Waals surface area contributed by atoms with E-state index in [4.69, 9.17) is 9.47 Å². The largest absolute Gasteiger partial charge is 0.467 e. The molecule has 29 heavy (non-hydrogen) atoms. The van der Waals surface area contributed by atoms with E-state index in [0.29, 0.717) is 5.69 Å². The number of esters is 1. The molecule has 0 unspecified atom stereocenters. The number of carbonyl (C=O) groups is 3. The number of hydrogen-bond acceptors (Lipinski definition) is 7. The standard InChI is InChI=1S/C19H26N4O5S/c1-19(2,3)28-18(26)23-14(9-13-6-5-7-29-13)16(24)22-15(17(25)27-4)8-12-10-20-11-21-12/h5-7,10-11,14-15H,8-9H2,1-4H3,(H,20,21)(H,22,24)(H,23,26)/t14-,15-/m0/s1. The first-order chi connectivity index (χ1) is 13.7. The van der Waals surface area contributed by atoms with Crippen LogP contribution in [0, 0.1) is 0 Å². The van der Waals surface area contributed by atoms with Crippen LogP contribution in [-0.2, 0) is 31.9 Å². The number of methoxy groups -OCH3 is 1. The molecule has 2 atom stereocenters. The number of carbonyl (C=O) groups excluding carboxylic acids is 3. The maximum absolute atomic E-state index is 12.9. The summed E-state index contributed by atoms with van der Waals surface area (Å²) >= 11 is 1.47. The van der Waals surface area contributed by atoms with Gasteiger partial charge < -0.3 is 25.1 Å². The zero-order valence-corrected chi connectivity index (χ0v) is 17.7. The summed E-state index contributed by atoms with van der Waals surface area (Å²) in [4.78, 5) is 45.0. The number of nitrogens with zero attached hydrogens (tertiary/aromatic N) is 1. The van der Waals surface area contributed by atoms with E-state index in [0.717, 1.165) is 4.88 Å². The number of H-pyrrole nitrogens is 1. The summed E-state index contributed by atoms with van der Waals surface area (Å²) in [7, 11) is 1.25. The molecule has 9 nitrogen and oxygen atoms in total. The zero-order chi connectivity index (χ0) is 21.4. The molecule has 0 fully saturated rings. The molecule has 0 spiro atoms. The van der Waals surface area contributed by atoms with Crippen molar-refractivity contribution in [2.45, 2.75) is 51.3 Å². The molecule has 10 heteroatoms. The van der Waals surface area contributed by atoms with Gasteiger partial charge in [0.15, 0.2) is 0 Å². The van der Waals surface area contributed by atoms with E-state index in [1.807, 2.05) is 17.5 Å². The molecule has 2 heterocycles. The molecule has 3 N–H and O–H groups in total. The first kappa shape index (κ1) is 22.4. The highest BCUT2D eigenvalue weighted by Crippen LogP contribution is 2.13. The number of amides is 2. The van der Waals surface area contributed by atoms with Crippen LogP contribution in [0.3, 0.4) is 0 Å². The van der Waals surface area contributed by atoms with Crippen LogP contribution in [0.1, 0.15) is 31.3 Å². The molecule has 0 radical (unpaired) electrons. The molecule has 0 bridgehead atoms. The van der Waals surface area contributed by atoms with Crippen LogP contribution in [-0.4, -0.2) is 52.7 Å². The number of nitrogens with one attached hydrogen (secondary N) is 3. The molecular formula is C19H26N4O5S. The molecule has 2 amide bonds. The second-order valence-corrected chi connectivity index (χ2v) is 8.38. The monoisotopic (exact) mass is 422 g/mol. The van der Waals surface area contributed by atoms with Gasteiger partial charge >= 0.3 is 12.1 Å². The lowest BCUT2D eigenvalue weighted by Gasteiger charge is -2.24. The third kappa shape index (κ3) is 7.57. The number of alkyl carbamates (subject to hydrolysis) is 1. The maximum Gasteiger partial charge on any atom is 0.408 e. The van der Waals surface area contributed by atoms with Gasteiger partial charge in [0, 0.05) is 29.6 Å². The van der Waals surface area contributed by atoms with Gasteiger partial charge in [-0.05, 0) is 32.2 Å².